The van der Waals surface area contributed by atoms with Crippen molar-refractivity contribution in [3.05, 3.63) is 67.7 Å². The molecule has 1 aromatic carbocycles. The molecule has 0 spiro atoms. The van der Waals surface area contributed by atoms with Crippen molar-refractivity contribution in [2.45, 2.75) is 20.8 Å². The van der Waals surface area contributed by atoms with Crippen molar-refractivity contribution in [3.8, 4) is 23.5 Å². The summed E-state index contributed by atoms with van der Waals surface area (Å²) in [6.45, 7) is 5.78. The minimum absolute atomic E-state index is 0.0697. The molecule has 0 N–H and O–H groups in total. The Bertz CT molecular complexity index is 1310. The molecule has 0 aliphatic heterocycles. The molecule has 3 heterocycles. The molecule has 0 aliphatic rings. The van der Waals surface area contributed by atoms with Gasteiger partial charge in [0.15, 0.2) is 5.82 Å². The van der Waals surface area contributed by atoms with Crippen LogP contribution < -0.4 is 5.63 Å². The Balaban J connectivity index is 0.00000117. The number of pyridine rings is 1. The summed E-state index contributed by atoms with van der Waals surface area (Å²) in [5.41, 5.74) is 1.33. The highest BCUT2D eigenvalue weighted by Gasteiger charge is 2.19. The minimum atomic E-state index is -0.591. The highest BCUT2D eigenvalue weighted by molar-refractivity contribution is 9.10. The van der Waals surface area contributed by atoms with Gasteiger partial charge in [-0.15, -0.1) is 0 Å². The Morgan fingerprint density at radius 3 is 2.72 bits per heavy atom. The summed E-state index contributed by atoms with van der Waals surface area (Å²) in [6, 6.07) is 10.2. The summed E-state index contributed by atoms with van der Waals surface area (Å²) >= 11 is 9.55. The summed E-state index contributed by atoms with van der Waals surface area (Å²) in [5, 5.41) is 14.0. The second-order valence-corrected chi connectivity index (χ2v) is 6.90. The van der Waals surface area contributed by atoms with Gasteiger partial charge in [-0.1, -0.05) is 25.4 Å². The lowest BCUT2D eigenvalue weighted by molar-refractivity contribution is 0.513. The second-order valence-electron chi connectivity index (χ2n) is 5.68. The maximum Gasteiger partial charge on any atom is 0.347 e. The van der Waals surface area contributed by atoms with Gasteiger partial charge in [0.1, 0.15) is 10.3 Å². The van der Waals surface area contributed by atoms with Crippen LogP contribution >= 0.6 is 27.5 Å². The predicted octanol–water partition coefficient (Wildman–Crippen LogP) is 5.06. The zero-order valence-electron chi connectivity index (χ0n) is 15.8. The van der Waals surface area contributed by atoms with Crippen LogP contribution in [0.1, 0.15) is 25.0 Å². The first-order chi connectivity index (χ1) is 14.0. The Kier molecular flexibility index (Phi) is 6.11. The van der Waals surface area contributed by atoms with Crippen LogP contribution in [0.3, 0.4) is 0 Å². The molecule has 29 heavy (non-hydrogen) atoms. The summed E-state index contributed by atoms with van der Waals surface area (Å²) < 4.78 is 7.37. The van der Waals surface area contributed by atoms with E-state index >= 15 is 0 Å². The Morgan fingerprint density at radius 2 is 2.03 bits per heavy atom. The average molecular weight is 473 g/mol. The van der Waals surface area contributed by atoms with Gasteiger partial charge in [-0.3, -0.25) is 0 Å². The van der Waals surface area contributed by atoms with Gasteiger partial charge in [-0.25, -0.2) is 19.4 Å². The first-order valence-corrected chi connectivity index (χ1v) is 9.87. The number of aryl methyl sites for hydroxylation is 1. The van der Waals surface area contributed by atoms with Crippen LogP contribution in [0.5, 0.6) is 0 Å². The predicted molar refractivity (Wildman–Crippen MR) is 114 cm³/mol. The molecular weight excluding hydrogens is 458 g/mol. The molecule has 0 aliphatic carbocycles. The van der Waals surface area contributed by atoms with Crippen LogP contribution in [0.2, 0.25) is 5.02 Å². The zero-order valence-corrected chi connectivity index (χ0v) is 18.1. The van der Waals surface area contributed by atoms with Gasteiger partial charge in [0, 0.05) is 12.3 Å². The van der Waals surface area contributed by atoms with Crippen molar-refractivity contribution in [1.29, 1.82) is 5.26 Å². The number of nitriles is 1. The van der Waals surface area contributed by atoms with Gasteiger partial charge in [-0.2, -0.15) is 10.4 Å². The van der Waals surface area contributed by atoms with Gasteiger partial charge < -0.3 is 4.42 Å². The Labute approximate surface area is 179 Å². The van der Waals surface area contributed by atoms with E-state index in [4.69, 9.17) is 21.3 Å². The van der Waals surface area contributed by atoms with E-state index in [0.717, 1.165) is 0 Å². The third-order valence-corrected chi connectivity index (χ3v) is 4.57. The molecule has 146 valence electrons. The normalized spacial score (nSPS) is 10.3. The standard InChI is InChI=1S/C18H9BrClN5O2.C2H6/c1-9-5-10(8-21)6-11-15(9)23-17(27-18(11)26)13-7-14(19)24-25(13)16-12(20)3-2-4-22-16;1-2/h2-7H,1H3;1-2H3. The maximum atomic E-state index is 12.5. The molecule has 4 aromatic rings. The number of aromatic nitrogens is 4. The van der Waals surface area contributed by atoms with E-state index in [1.54, 1.807) is 37.4 Å². The molecule has 0 saturated carbocycles. The first kappa shape index (κ1) is 20.7. The number of hydrogen-bond donors (Lipinski definition) is 0. The molecule has 0 fully saturated rings. The molecule has 0 radical (unpaired) electrons. The van der Waals surface area contributed by atoms with E-state index in [1.807, 2.05) is 19.9 Å². The Morgan fingerprint density at radius 1 is 1.28 bits per heavy atom. The highest BCUT2D eigenvalue weighted by Crippen LogP contribution is 2.28. The van der Waals surface area contributed by atoms with Gasteiger partial charge >= 0.3 is 5.63 Å². The molecule has 4 rings (SSSR count). The monoisotopic (exact) mass is 471 g/mol. The molecular formula is C20H15BrClN5O2. The van der Waals surface area contributed by atoms with E-state index in [2.05, 4.69) is 31.0 Å². The SMILES string of the molecule is CC.Cc1cc(C#N)cc2c(=O)oc(-c3cc(Br)nn3-c3ncccc3Cl)nc12. The number of hydrogen-bond acceptors (Lipinski definition) is 6. The summed E-state index contributed by atoms with van der Waals surface area (Å²) in [5.74, 6) is 0.446. The van der Waals surface area contributed by atoms with Crippen LogP contribution in [0.25, 0.3) is 28.3 Å². The van der Waals surface area contributed by atoms with Gasteiger partial charge in [0.05, 0.1) is 27.6 Å². The molecule has 0 atom stereocenters. The van der Waals surface area contributed by atoms with Crippen molar-refractivity contribution in [1.82, 2.24) is 19.7 Å². The van der Waals surface area contributed by atoms with Crippen LogP contribution in [0, 0.1) is 18.3 Å². The van der Waals surface area contributed by atoms with Crippen molar-refractivity contribution in [2.75, 3.05) is 0 Å². The van der Waals surface area contributed by atoms with Crippen molar-refractivity contribution in [2.24, 2.45) is 0 Å². The highest BCUT2D eigenvalue weighted by atomic mass is 79.9. The lowest BCUT2D eigenvalue weighted by Crippen LogP contribution is -2.08. The molecule has 7 nitrogen and oxygen atoms in total. The molecule has 3 aromatic heterocycles. The number of fused-ring (bicyclic) bond motifs is 1. The van der Waals surface area contributed by atoms with Crippen LogP contribution in [0.4, 0.5) is 0 Å². The number of benzene rings is 1. The van der Waals surface area contributed by atoms with Gasteiger partial charge in [0.2, 0.25) is 5.89 Å². The molecule has 0 unspecified atom stereocenters. The van der Waals surface area contributed by atoms with Gasteiger partial charge in [-0.05, 0) is 52.7 Å². The van der Waals surface area contributed by atoms with Crippen LogP contribution in [-0.4, -0.2) is 19.7 Å². The fourth-order valence-corrected chi connectivity index (χ4v) is 3.30. The van der Waals surface area contributed by atoms with Gasteiger partial charge in [0.25, 0.3) is 0 Å². The maximum absolute atomic E-state index is 12.5. The van der Waals surface area contributed by atoms with Crippen molar-refractivity contribution < 1.29 is 4.42 Å². The van der Waals surface area contributed by atoms with E-state index in [0.29, 0.717) is 37.8 Å². The lowest BCUT2D eigenvalue weighted by Gasteiger charge is -2.08. The number of nitrogens with zero attached hydrogens (tertiary/aromatic N) is 5. The lowest BCUT2D eigenvalue weighted by atomic mass is 10.1. The fourth-order valence-electron chi connectivity index (χ4n) is 2.72. The summed E-state index contributed by atoms with van der Waals surface area (Å²) in [7, 11) is 0. The molecule has 9 heteroatoms. The van der Waals surface area contributed by atoms with E-state index < -0.39 is 5.63 Å². The zero-order chi connectivity index (χ0) is 21.1. The van der Waals surface area contributed by atoms with Crippen LogP contribution in [0.15, 0.2) is 50.3 Å². The number of rotatable bonds is 2. The average Bonchev–Trinajstić information content (AvgIpc) is 3.11. The topological polar surface area (TPSA) is 97.6 Å². The van der Waals surface area contributed by atoms with E-state index in [1.165, 1.54) is 10.7 Å². The smallest absolute Gasteiger partial charge is 0.347 e. The second kappa shape index (κ2) is 8.55. The minimum Gasteiger partial charge on any atom is -0.401 e. The number of halogens is 2. The first-order valence-electron chi connectivity index (χ1n) is 8.70. The summed E-state index contributed by atoms with van der Waals surface area (Å²) in [6.07, 6.45) is 1.58. The Hall–Kier alpha value is -3.02. The molecule has 0 bridgehead atoms. The largest absolute Gasteiger partial charge is 0.401 e. The van der Waals surface area contributed by atoms with E-state index in [9.17, 15) is 4.79 Å². The van der Waals surface area contributed by atoms with Crippen molar-refractivity contribution in [3.63, 3.8) is 0 Å². The fraction of sp³-hybridized carbons (Fsp3) is 0.150. The molecule has 0 amide bonds. The van der Waals surface area contributed by atoms with Crippen LogP contribution in [-0.2, 0) is 0 Å². The third-order valence-electron chi connectivity index (χ3n) is 3.89. The quantitative estimate of drug-likeness (QED) is 0.404. The summed E-state index contributed by atoms with van der Waals surface area (Å²) in [4.78, 5) is 21.2. The van der Waals surface area contributed by atoms with Crippen molar-refractivity contribution >= 4 is 38.4 Å². The van der Waals surface area contributed by atoms with E-state index in [-0.39, 0.29) is 11.3 Å². The third kappa shape index (κ3) is 3.92. The molecule has 0 saturated heterocycles.